The standard InChI is InChI=1S/C20H30N2O4S/c1-2-3-4-6-14(23)8-9-15-16-11-18(27-10-5-7-19(25)26)22-20(16,13-21)12-17(15)24/h8-9,14-17,23-24H,2-7,10-12H2,1H3,(H,25,26)/b9-8+. The highest BCUT2D eigenvalue weighted by Crippen LogP contribution is 2.50. The fourth-order valence-electron chi connectivity index (χ4n) is 3.96. The zero-order chi connectivity index (χ0) is 19.9. The van der Waals surface area contributed by atoms with Crippen LogP contribution in [0.4, 0.5) is 0 Å². The van der Waals surface area contributed by atoms with Crippen molar-refractivity contribution in [3.63, 3.8) is 0 Å². The molecule has 0 radical (unpaired) electrons. The van der Waals surface area contributed by atoms with E-state index in [9.17, 15) is 20.3 Å². The van der Waals surface area contributed by atoms with Crippen LogP contribution in [0.15, 0.2) is 17.1 Å². The van der Waals surface area contributed by atoms with Gasteiger partial charge in [0.05, 0.1) is 23.3 Å². The van der Waals surface area contributed by atoms with Gasteiger partial charge >= 0.3 is 5.97 Å². The van der Waals surface area contributed by atoms with E-state index in [4.69, 9.17) is 5.11 Å². The Morgan fingerprint density at radius 2 is 2.26 bits per heavy atom. The Bertz CT molecular complexity index is 616. The molecule has 0 aromatic rings. The van der Waals surface area contributed by atoms with Gasteiger partial charge in [-0.15, -0.1) is 11.8 Å². The summed E-state index contributed by atoms with van der Waals surface area (Å²) in [6.45, 7) is 2.12. The number of hydrogen-bond acceptors (Lipinski definition) is 6. The van der Waals surface area contributed by atoms with E-state index in [2.05, 4.69) is 18.0 Å². The van der Waals surface area contributed by atoms with Gasteiger partial charge in [-0.25, -0.2) is 0 Å². The van der Waals surface area contributed by atoms with E-state index in [0.717, 1.165) is 24.3 Å². The van der Waals surface area contributed by atoms with E-state index in [1.807, 2.05) is 6.08 Å². The Balaban J connectivity index is 1.95. The maximum atomic E-state index is 10.6. The number of unbranched alkanes of at least 4 members (excludes halogenated alkanes) is 2. The smallest absolute Gasteiger partial charge is 0.303 e. The Labute approximate surface area is 165 Å². The summed E-state index contributed by atoms with van der Waals surface area (Å²) in [6, 6.07) is 2.32. The number of carboxylic acid groups (broad SMARTS) is 1. The van der Waals surface area contributed by atoms with Crippen LogP contribution in [0.25, 0.3) is 0 Å². The average molecular weight is 395 g/mol. The number of fused-ring (bicyclic) bond motifs is 1. The van der Waals surface area contributed by atoms with Crippen molar-refractivity contribution in [3.05, 3.63) is 12.2 Å². The summed E-state index contributed by atoms with van der Waals surface area (Å²) < 4.78 is 0. The summed E-state index contributed by atoms with van der Waals surface area (Å²) >= 11 is 1.52. The zero-order valence-electron chi connectivity index (χ0n) is 15.9. The first-order chi connectivity index (χ1) is 12.9. The van der Waals surface area contributed by atoms with Crippen LogP contribution in [0.3, 0.4) is 0 Å². The van der Waals surface area contributed by atoms with Gasteiger partial charge in [0.25, 0.3) is 0 Å². The first-order valence-electron chi connectivity index (χ1n) is 9.81. The third-order valence-electron chi connectivity index (χ3n) is 5.42. The van der Waals surface area contributed by atoms with E-state index in [-0.39, 0.29) is 18.3 Å². The van der Waals surface area contributed by atoms with E-state index in [1.54, 1.807) is 6.08 Å². The predicted octanol–water partition coefficient (Wildman–Crippen LogP) is 3.14. The van der Waals surface area contributed by atoms with Crippen LogP contribution in [-0.2, 0) is 4.79 Å². The van der Waals surface area contributed by atoms with E-state index < -0.39 is 23.7 Å². The van der Waals surface area contributed by atoms with Gasteiger partial charge in [-0.2, -0.15) is 5.26 Å². The normalized spacial score (nSPS) is 30.9. The minimum Gasteiger partial charge on any atom is -0.481 e. The number of aliphatic hydroxyl groups excluding tert-OH is 2. The molecule has 0 aromatic carbocycles. The van der Waals surface area contributed by atoms with Crippen molar-refractivity contribution in [1.82, 2.24) is 0 Å². The lowest BCUT2D eigenvalue weighted by Gasteiger charge is -2.20. The zero-order valence-corrected chi connectivity index (χ0v) is 16.7. The van der Waals surface area contributed by atoms with Crippen LogP contribution in [0.2, 0.25) is 0 Å². The monoisotopic (exact) mass is 394 g/mol. The molecule has 5 unspecified atom stereocenters. The molecule has 0 saturated heterocycles. The summed E-state index contributed by atoms with van der Waals surface area (Å²) in [4.78, 5) is 15.2. The number of nitrogens with zero attached hydrogens (tertiary/aromatic N) is 2. The molecular weight excluding hydrogens is 364 g/mol. The molecule has 1 aliphatic heterocycles. The second-order valence-corrected chi connectivity index (χ2v) is 8.66. The molecule has 1 heterocycles. The van der Waals surface area contributed by atoms with E-state index >= 15 is 0 Å². The van der Waals surface area contributed by atoms with Crippen molar-refractivity contribution in [3.8, 4) is 6.07 Å². The molecule has 0 spiro atoms. The van der Waals surface area contributed by atoms with Crippen LogP contribution in [0.5, 0.6) is 0 Å². The first kappa shape index (κ1) is 21.9. The SMILES string of the molecule is CCCCCC(O)/C=C/C1C(O)CC2(C#N)N=C(SCCCC(=O)O)CC12. The highest BCUT2D eigenvalue weighted by molar-refractivity contribution is 8.13. The lowest BCUT2D eigenvalue weighted by molar-refractivity contribution is -0.137. The van der Waals surface area contributed by atoms with Crippen LogP contribution in [0, 0.1) is 23.2 Å². The number of aliphatic imine (C=N–C) groups is 1. The molecule has 7 heteroatoms. The highest BCUT2D eigenvalue weighted by atomic mass is 32.2. The number of carboxylic acids is 1. The number of thioether (sulfide) groups is 1. The number of aliphatic carboxylic acids is 1. The van der Waals surface area contributed by atoms with Crippen molar-refractivity contribution >= 4 is 22.8 Å². The predicted molar refractivity (Wildman–Crippen MR) is 107 cm³/mol. The molecule has 0 aromatic heterocycles. The van der Waals surface area contributed by atoms with Crippen LogP contribution in [-0.4, -0.2) is 49.8 Å². The average Bonchev–Trinajstić information content (AvgIpc) is 3.09. The van der Waals surface area contributed by atoms with Crippen LogP contribution in [0.1, 0.15) is 58.3 Å². The van der Waals surface area contributed by atoms with Gasteiger partial charge in [-0.1, -0.05) is 38.3 Å². The molecule has 6 nitrogen and oxygen atoms in total. The third kappa shape index (κ3) is 5.81. The molecule has 3 N–H and O–H groups in total. The van der Waals surface area contributed by atoms with Gasteiger partial charge in [-0.05, 0) is 18.6 Å². The molecule has 27 heavy (non-hydrogen) atoms. The molecule has 5 atom stereocenters. The summed E-state index contributed by atoms with van der Waals surface area (Å²) in [5, 5.41) is 39.9. The Morgan fingerprint density at radius 1 is 1.48 bits per heavy atom. The van der Waals surface area contributed by atoms with Crippen molar-refractivity contribution in [1.29, 1.82) is 5.26 Å². The van der Waals surface area contributed by atoms with Crippen LogP contribution < -0.4 is 0 Å². The maximum Gasteiger partial charge on any atom is 0.303 e. The molecule has 1 saturated carbocycles. The first-order valence-corrected chi connectivity index (χ1v) is 10.8. The summed E-state index contributed by atoms with van der Waals surface area (Å²) in [6.07, 6.45) is 8.01. The van der Waals surface area contributed by atoms with Gasteiger partial charge in [-0.3, -0.25) is 9.79 Å². The largest absolute Gasteiger partial charge is 0.481 e. The quantitative estimate of drug-likeness (QED) is 0.387. The Morgan fingerprint density at radius 3 is 2.93 bits per heavy atom. The summed E-state index contributed by atoms with van der Waals surface area (Å²) in [5.74, 6) is -0.413. The number of hydrogen-bond donors (Lipinski definition) is 3. The van der Waals surface area contributed by atoms with Crippen LogP contribution >= 0.6 is 11.8 Å². The molecular formula is C20H30N2O4S. The molecule has 2 aliphatic rings. The summed E-state index contributed by atoms with van der Waals surface area (Å²) in [5.41, 5.74) is -0.892. The van der Waals surface area contributed by atoms with Gasteiger partial charge in [0.1, 0.15) is 0 Å². The number of carbonyl (C=O) groups is 1. The Kier molecular flexibility index (Phi) is 8.33. The van der Waals surface area contributed by atoms with Gasteiger partial charge in [0.15, 0.2) is 5.54 Å². The van der Waals surface area contributed by atoms with E-state index in [0.29, 0.717) is 31.4 Å². The lowest BCUT2D eigenvalue weighted by Crippen LogP contribution is -2.27. The van der Waals surface area contributed by atoms with Gasteiger partial charge < -0.3 is 15.3 Å². The van der Waals surface area contributed by atoms with Crippen molar-refractivity contribution in [2.45, 2.75) is 76.0 Å². The molecule has 1 fully saturated rings. The molecule has 1 aliphatic carbocycles. The van der Waals surface area contributed by atoms with Gasteiger partial charge in [0.2, 0.25) is 0 Å². The fraction of sp³-hybridized carbons (Fsp3) is 0.750. The Hall–Kier alpha value is -1.36. The third-order valence-corrected chi connectivity index (χ3v) is 6.50. The molecule has 0 amide bonds. The topological polar surface area (TPSA) is 114 Å². The lowest BCUT2D eigenvalue weighted by atomic mass is 9.84. The minimum atomic E-state index is -0.892. The van der Waals surface area contributed by atoms with E-state index in [1.165, 1.54) is 11.8 Å². The number of nitriles is 1. The fourth-order valence-corrected chi connectivity index (χ4v) is 5.01. The highest BCUT2D eigenvalue weighted by Gasteiger charge is 2.56. The molecule has 150 valence electrons. The van der Waals surface area contributed by atoms with Crippen molar-refractivity contribution in [2.24, 2.45) is 16.8 Å². The van der Waals surface area contributed by atoms with Crippen molar-refractivity contribution < 1.29 is 20.1 Å². The minimum absolute atomic E-state index is 0.0847. The maximum absolute atomic E-state index is 10.6. The van der Waals surface area contributed by atoms with Crippen molar-refractivity contribution in [2.75, 3.05) is 5.75 Å². The second kappa shape index (κ2) is 10.3. The summed E-state index contributed by atoms with van der Waals surface area (Å²) in [7, 11) is 0. The molecule has 0 bridgehead atoms. The van der Waals surface area contributed by atoms with Gasteiger partial charge in [0, 0.05) is 31.1 Å². The molecule has 2 rings (SSSR count). The number of rotatable bonds is 10. The number of aliphatic hydroxyl groups is 2. The second-order valence-electron chi connectivity index (χ2n) is 7.49.